The summed E-state index contributed by atoms with van der Waals surface area (Å²) in [6, 6.07) is 3.38. The molecule has 0 spiro atoms. The molecule has 0 amide bonds. The highest BCUT2D eigenvalue weighted by Crippen LogP contribution is 2.32. The fourth-order valence-corrected chi connectivity index (χ4v) is 3.27. The Morgan fingerprint density at radius 1 is 1.56 bits per heavy atom. The van der Waals surface area contributed by atoms with Gasteiger partial charge < -0.3 is 10.0 Å². The van der Waals surface area contributed by atoms with Gasteiger partial charge in [0.25, 0.3) is 0 Å². The fraction of sp³-hybridized carbons (Fsp3) is 0.500. The maximum Gasteiger partial charge on any atom is 0.356 e. The SMILES string of the molecule is CC1(C)CN(c2ccc(Cl)c(C(=O)O)n2)CCS1. The molecule has 1 aliphatic heterocycles. The topological polar surface area (TPSA) is 53.4 Å². The first-order chi connectivity index (χ1) is 8.39. The summed E-state index contributed by atoms with van der Waals surface area (Å²) in [4.78, 5) is 17.3. The molecule has 18 heavy (non-hydrogen) atoms. The number of aromatic nitrogens is 1. The van der Waals surface area contributed by atoms with E-state index < -0.39 is 5.97 Å². The number of hydrogen-bond donors (Lipinski definition) is 1. The molecule has 0 atom stereocenters. The first-order valence-electron chi connectivity index (χ1n) is 5.68. The second-order valence-corrected chi connectivity index (χ2v) is 7.04. The Morgan fingerprint density at radius 3 is 2.89 bits per heavy atom. The molecule has 1 saturated heterocycles. The molecule has 6 heteroatoms. The van der Waals surface area contributed by atoms with E-state index in [0.29, 0.717) is 5.82 Å². The lowest BCUT2D eigenvalue weighted by atomic mass is 10.2. The van der Waals surface area contributed by atoms with Gasteiger partial charge in [-0.3, -0.25) is 0 Å². The number of thioether (sulfide) groups is 1. The van der Waals surface area contributed by atoms with Gasteiger partial charge in [0.15, 0.2) is 5.69 Å². The van der Waals surface area contributed by atoms with Crippen molar-refractivity contribution < 1.29 is 9.90 Å². The third-order valence-electron chi connectivity index (χ3n) is 2.78. The third-order valence-corrected chi connectivity index (χ3v) is 4.39. The van der Waals surface area contributed by atoms with Crippen LogP contribution in [-0.2, 0) is 0 Å². The Morgan fingerprint density at radius 2 is 2.28 bits per heavy atom. The first-order valence-corrected chi connectivity index (χ1v) is 7.04. The van der Waals surface area contributed by atoms with Crippen LogP contribution in [0, 0.1) is 0 Å². The molecule has 2 heterocycles. The number of halogens is 1. The van der Waals surface area contributed by atoms with E-state index in [1.807, 2.05) is 11.8 Å². The molecule has 0 unspecified atom stereocenters. The number of rotatable bonds is 2. The van der Waals surface area contributed by atoms with Gasteiger partial charge in [0, 0.05) is 23.6 Å². The van der Waals surface area contributed by atoms with Crippen molar-refractivity contribution in [2.24, 2.45) is 0 Å². The van der Waals surface area contributed by atoms with E-state index in [1.54, 1.807) is 12.1 Å². The molecule has 1 fully saturated rings. The van der Waals surface area contributed by atoms with E-state index >= 15 is 0 Å². The smallest absolute Gasteiger partial charge is 0.356 e. The van der Waals surface area contributed by atoms with Gasteiger partial charge in [-0.1, -0.05) is 11.6 Å². The van der Waals surface area contributed by atoms with Crippen LogP contribution in [0.4, 0.5) is 5.82 Å². The average Bonchev–Trinajstić information content (AvgIpc) is 2.27. The van der Waals surface area contributed by atoms with Gasteiger partial charge in [-0.25, -0.2) is 9.78 Å². The number of nitrogens with zero attached hydrogens (tertiary/aromatic N) is 2. The van der Waals surface area contributed by atoms with Crippen LogP contribution in [0.15, 0.2) is 12.1 Å². The minimum atomic E-state index is -1.09. The van der Waals surface area contributed by atoms with Crippen molar-refractivity contribution in [3.8, 4) is 0 Å². The summed E-state index contributed by atoms with van der Waals surface area (Å²) in [5.74, 6) is 0.609. The predicted octanol–water partition coefficient (Wildman–Crippen LogP) is 2.77. The maximum atomic E-state index is 11.0. The van der Waals surface area contributed by atoms with Gasteiger partial charge in [0.05, 0.1) is 5.02 Å². The Hall–Kier alpha value is -0.940. The minimum absolute atomic E-state index is 0.0785. The lowest BCUT2D eigenvalue weighted by Crippen LogP contribution is -2.43. The molecule has 4 nitrogen and oxygen atoms in total. The van der Waals surface area contributed by atoms with E-state index in [0.717, 1.165) is 18.8 Å². The van der Waals surface area contributed by atoms with Crippen molar-refractivity contribution in [1.29, 1.82) is 0 Å². The predicted molar refractivity (Wildman–Crippen MR) is 75.0 cm³/mol. The van der Waals surface area contributed by atoms with Crippen LogP contribution in [0.5, 0.6) is 0 Å². The lowest BCUT2D eigenvalue weighted by molar-refractivity contribution is 0.0691. The van der Waals surface area contributed by atoms with Crippen molar-refractivity contribution in [2.45, 2.75) is 18.6 Å². The average molecular weight is 287 g/mol. The number of hydrogen-bond acceptors (Lipinski definition) is 4. The minimum Gasteiger partial charge on any atom is -0.476 e. The monoisotopic (exact) mass is 286 g/mol. The lowest BCUT2D eigenvalue weighted by Gasteiger charge is -2.38. The molecular weight excluding hydrogens is 272 g/mol. The standard InChI is InChI=1S/C12H15ClN2O2S/c1-12(2)7-15(5-6-18-12)9-4-3-8(13)10(14-9)11(16)17/h3-4H,5-7H2,1-2H3,(H,16,17). The van der Waals surface area contributed by atoms with Crippen LogP contribution in [0.3, 0.4) is 0 Å². The number of anilines is 1. The van der Waals surface area contributed by atoms with Crippen LogP contribution in [0.25, 0.3) is 0 Å². The highest BCUT2D eigenvalue weighted by Gasteiger charge is 2.28. The van der Waals surface area contributed by atoms with Crippen molar-refractivity contribution in [2.75, 3.05) is 23.7 Å². The Kier molecular flexibility index (Phi) is 3.73. The van der Waals surface area contributed by atoms with Crippen molar-refractivity contribution in [3.63, 3.8) is 0 Å². The molecule has 1 aliphatic rings. The molecule has 1 aromatic heterocycles. The van der Waals surface area contributed by atoms with Gasteiger partial charge in [0.1, 0.15) is 5.82 Å². The summed E-state index contributed by atoms with van der Waals surface area (Å²) in [5.41, 5.74) is -0.0785. The van der Waals surface area contributed by atoms with Crippen molar-refractivity contribution in [1.82, 2.24) is 4.98 Å². The normalized spacial score (nSPS) is 18.7. The van der Waals surface area contributed by atoms with Crippen LogP contribution >= 0.6 is 23.4 Å². The summed E-state index contributed by atoms with van der Waals surface area (Å²) < 4.78 is 0.156. The quantitative estimate of drug-likeness (QED) is 0.906. The van der Waals surface area contributed by atoms with Gasteiger partial charge in [-0.15, -0.1) is 0 Å². The molecule has 0 bridgehead atoms. The van der Waals surface area contributed by atoms with Crippen molar-refractivity contribution in [3.05, 3.63) is 22.8 Å². The van der Waals surface area contributed by atoms with Crippen LogP contribution < -0.4 is 4.90 Å². The zero-order valence-corrected chi connectivity index (χ0v) is 11.9. The Bertz CT molecular complexity index is 479. The fourth-order valence-electron chi connectivity index (χ4n) is 1.97. The molecule has 0 aromatic carbocycles. The molecule has 1 N–H and O–H groups in total. The highest BCUT2D eigenvalue weighted by molar-refractivity contribution is 8.00. The maximum absolute atomic E-state index is 11.0. The summed E-state index contributed by atoms with van der Waals surface area (Å²) in [7, 11) is 0. The number of carboxylic acids is 1. The van der Waals surface area contributed by atoms with E-state index in [-0.39, 0.29) is 15.5 Å². The number of aromatic carboxylic acids is 1. The first kappa shape index (κ1) is 13.5. The molecule has 0 saturated carbocycles. The summed E-state index contributed by atoms with van der Waals surface area (Å²) in [5, 5.41) is 9.20. The van der Waals surface area contributed by atoms with Gasteiger partial charge >= 0.3 is 5.97 Å². The molecule has 1 aromatic rings. The second-order valence-electron chi connectivity index (χ2n) is 4.83. The van der Waals surface area contributed by atoms with E-state index in [1.165, 1.54) is 0 Å². The Balaban J connectivity index is 2.28. The Labute approximate surface area is 115 Å². The number of pyridine rings is 1. The van der Waals surface area contributed by atoms with Gasteiger partial charge in [-0.05, 0) is 26.0 Å². The summed E-state index contributed by atoms with van der Waals surface area (Å²) >= 11 is 7.74. The zero-order valence-electron chi connectivity index (χ0n) is 10.3. The van der Waals surface area contributed by atoms with Crippen molar-refractivity contribution >= 4 is 35.1 Å². The second kappa shape index (κ2) is 4.97. The summed E-state index contributed by atoms with van der Waals surface area (Å²) in [6.07, 6.45) is 0. The zero-order chi connectivity index (χ0) is 13.3. The molecule has 2 rings (SSSR count). The number of carbonyl (C=O) groups is 1. The van der Waals surface area contributed by atoms with Crippen LogP contribution in [0.2, 0.25) is 5.02 Å². The van der Waals surface area contributed by atoms with Gasteiger partial charge in [-0.2, -0.15) is 11.8 Å². The van der Waals surface area contributed by atoms with E-state index in [4.69, 9.17) is 16.7 Å². The van der Waals surface area contributed by atoms with E-state index in [9.17, 15) is 4.79 Å². The van der Waals surface area contributed by atoms with Crippen LogP contribution in [0.1, 0.15) is 24.3 Å². The third kappa shape index (κ3) is 2.90. The summed E-state index contributed by atoms with van der Waals surface area (Å²) in [6.45, 7) is 6.09. The van der Waals surface area contributed by atoms with Gasteiger partial charge in [0.2, 0.25) is 0 Å². The molecule has 0 aliphatic carbocycles. The van der Waals surface area contributed by atoms with E-state index in [2.05, 4.69) is 23.7 Å². The molecule has 0 radical (unpaired) electrons. The highest BCUT2D eigenvalue weighted by atomic mass is 35.5. The van der Waals surface area contributed by atoms with Crippen LogP contribution in [-0.4, -0.2) is 39.6 Å². The largest absolute Gasteiger partial charge is 0.476 e. The number of carboxylic acid groups (broad SMARTS) is 1. The molecule has 98 valence electrons. The molecular formula is C12H15ClN2O2S.